The van der Waals surface area contributed by atoms with E-state index in [1.165, 1.54) is 31.5 Å². The van der Waals surface area contributed by atoms with E-state index in [9.17, 15) is 0 Å². The first-order valence-electron chi connectivity index (χ1n) is 7.31. The molecule has 1 N–H and O–H groups in total. The zero-order chi connectivity index (χ0) is 14.5. The second-order valence-electron chi connectivity index (χ2n) is 5.78. The lowest BCUT2D eigenvalue weighted by molar-refractivity contribution is 0.148. The summed E-state index contributed by atoms with van der Waals surface area (Å²) in [4.78, 5) is 9.31. The Hall–Kier alpha value is -0.650. The number of aromatic nitrogens is 1. The zero-order valence-electron chi connectivity index (χ0n) is 12.7. The van der Waals surface area contributed by atoms with E-state index >= 15 is 0 Å². The molecule has 1 fully saturated rings. The largest absolute Gasteiger partial charge is 0.369 e. The Kier molecular flexibility index (Phi) is 5.81. The maximum absolute atomic E-state index is 4.41. The van der Waals surface area contributed by atoms with Gasteiger partial charge >= 0.3 is 0 Å². The SMILES string of the molecule is Cc1cc(Br)cnc1NCCN1CCC(N(C)C)CC1. The molecule has 112 valence electrons. The van der Waals surface area contributed by atoms with Crippen molar-refractivity contribution in [3.63, 3.8) is 0 Å². The van der Waals surface area contributed by atoms with Crippen LogP contribution in [0.25, 0.3) is 0 Å². The smallest absolute Gasteiger partial charge is 0.128 e. The summed E-state index contributed by atoms with van der Waals surface area (Å²) in [7, 11) is 4.37. The molecule has 1 aromatic heterocycles. The number of halogens is 1. The lowest BCUT2D eigenvalue weighted by Crippen LogP contribution is -2.43. The van der Waals surface area contributed by atoms with Gasteiger partial charge in [0.05, 0.1) is 0 Å². The minimum atomic E-state index is 0.759. The van der Waals surface area contributed by atoms with Crippen molar-refractivity contribution in [2.75, 3.05) is 45.6 Å². The van der Waals surface area contributed by atoms with Crippen LogP contribution in [0.1, 0.15) is 18.4 Å². The van der Waals surface area contributed by atoms with Gasteiger partial charge in [0, 0.05) is 29.8 Å². The van der Waals surface area contributed by atoms with Gasteiger partial charge in [0.2, 0.25) is 0 Å². The van der Waals surface area contributed by atoms with Crippen molar-refractivity contribution in [3.05, 3.63) is 22.3 Å². The number of hydrogen-bond donors (Lipinski definition) is 1. The van der Waals surface area contributed by atoms with Crippen LogP contribution in [0, 0.1) is 6.92 Å². The van der Waals surface area contributed by atoms with Crippen LogP contribution < -0.4 is 5.32 Å². The third-order valence-corrected chi connectivity index (χ3v) is 4.49. The monoisotopic (exact) mass is 340 g/mol. The van der Waals surface area contributed by atoms with Gasteiger partial charge in [-0.15, -0.1) is 0 Å². The molecular weight excluding hydrogens is 316 g/mol. The maximum Gasteiger partial charge on any atom is 0.128 e. The molecule has 0 bridgehead atoms. The lowest BCUT2D eigenvalue weighted by Gasteiger charge is -2.35. The molecule has 0 aliphatic carbocycles. The quantitative estimate of drug-likeness (QED) is 0.892. The van der Waals surface area contributed by atoms with E-state index in [1.54, 1.807) is 0 Å². The number of nitrogens with zero attached hydrogens (tertiary/aromatic N) is 3. The summed E-state index contributed by atoms with van der Waals surface area (Å²) in [6.45, 7) is 6.55. The first-order chi connectivity index (χ1) is 9.56. The molecule has 20 heavy (non-hydrogen) atoms. The fourth-order valence-corrected chi connectivity index (χ4v) is 3.16. The number of likely N-dealkylation sites (tertiary alicyclic amines) is 1. The number of hydrogen-bond acceptors (Lipinski definition) is 4. The van der Waals surface area contributed by atoms with Gasteiger partial charge in [-0.1, -0.05) is 0 Å². The summed E-state index contributed by atoms with van der Waals surface area (Å²) in [6, 6.07) is 2.85. The van der Waals surface area contributed by atoms with Crippen molar-refractivity contribution in [2.24, 2.45) is 0 Å². The standard InChI is InChI=1S/C15H25BrN4/c1-12-10-13(16)11-18-15(12)17-6-9-20-7-4-14(5-8-20)19(2)3/h10-11,14H,4-9H2,1-3H3,(H,17,18). The van der Waals surface area contributed by atoms with Crippen molar-refractivity contribution in [2.45, 2.75) is 25.8 Å². The van der Waals surface area contributed by atoms with Crippen molar-refractivity contribution in [1.82, 2.24) is 14.8 Å². The summed E-state index contributed by atoms with van der Waals surface area (Å²) in [5.74, 6) is 0.997. The van der Waals surface area contributed by atoms with Gasteiger partial charge in [0.15, 0.2) is 0 Å². The molecule has 2 heterocycles. The molecule has 0 atom stereocenters. The van der Waals surface area contributed by atoms with Gasteiger partial charge in [-0.3, -0.25) is 0 Å². The topological polar surface area (TPSA) is 31.4 Å². The minimum Gasteiger partial charge on any atom is -0.369 e. The molecule has 1 aromatic rings. The van der Waals surface area contributed by atoms with Crippen molar-refractivity contribution < 1.29 is 0 Å². The van der Waals surface area contributed by atoms with Crippen LogP contribution in [0.3, 0.4) is 0 Å². The minimum absolute atomic E-state index is 0.759. The second kappa shape index (κ2) is 7.38. The highest BCUT2D eigenvalue weighted by atomic mass is 79.9. The van der Waals surface area contributed by atoms with E-state index < -0.39 is 0 Å². The molecule has 0 radical (unpaired) electrons. The Balaban J connectivity index is 1.71. The lowest BCUT2D eigenvalue weighted by atomic mass is 10.0. The first-order valence-corrected chi connectivity index (χ1v) is 8.10. The van der Waals surface area contributed by atoms with Gasteiger partial charge in [0.25, 0.3) is 0 Å². The van der Waals surface area contributed by atoms with E-state index in [-0.39, 0.29) is 0 Å². The molecule has 1 aliphatic heterocycles. The third kappa shape index (κ3) is 4.43. The van der Waals surface area contributed by atoms with Crippen LogP contribution in [0.2, 0.25) is 0 Å². The molecular formula is C15H25BrN4. The highest BCUT2D eigenvalue weighted by molar-refractivity contribution is 9.10. The summed E-state index contributed by atoms with van der Waals surface area (Å²) >= 11 is 3.44. The van der Waals surface area contributed by atoms with Crippen molar-refractivity contribution in [3.8, 4) is 0 Å². The summed E-state index contributed by atoms with van der Waals surface area (Å²) < 4.78 is 1.03. The Labute approximate surface area is 130 Å². The molecule has 0 amide bonds. The molecule has 0 spiro atoms. The fourth-order valence-electron chi connectivity index (χ4n) is 2.72. The van der Waals surface area contributed by atoms with E-state index in [4.69, 9.17) is 0 Å². The van der Waals surface area contributed by atoms with Gasteiger partial charge in [-0.25, -0.2) is 4.98 Å². The number of rotatable bonds is 5. The van der Waals surface area contributed by atoms with Gasteiger partial charge in [-0.2, -0.15) is 0 Å². The van der Waals surface area contributed by atoms with Crippen LogP contribution in [-0.2, 0) is 0 Å². The first kappa shape index (κ1) is 15.7. The van der Waals surface area contributed by atoms with E-state index in [0.29, 0.717) is 0 Å². The number of pyridine rings is 1. The van der Waals surface area contributed by atoms with Crippen LogP contribution >= 0.6 is 15.9 Å². The summed E-state index contributed by atoms with van der Waals surface area (Å²) in [5.41, 5.74) is 1.19. The van der Waals surface area contributed by atoms with E-state index in [1.807, 2.05) is 6.20 Å². The zero-order valence-corrected chi connectivity index (χ0v) is 14.3. The molecule has 0 unspecified atom stereocenters. The fraction of sp³-hybridized carbons (Fsp3) is 0.667. The molecule has 1 aliphatic rings. The van der Waals surface area contributed by atoms with Crippen molar-refractivity contribution in [1.29, 1.82) is 0 Å². The number of anilines is 1. The van der Waals surface area contributed by atoms with E-state index in [0.717, 1.165) is 29.4 Å². The predicted octanol–water partition coefficient (Wildman–Crippen LogP) is 2.59. The Morgan fingerprint density at radius 2 is 2.10 bits per heavy atom. The van der Waals surface area contributed by atoms with E-state index in [2.05, 4.69) is 63.1 Å². The van der Waals surface area contributed by atoms with Crippen LogP contribution in [0.15, 0.2) is 16.7 Å². The Morgan fingerprint density at radius 3 is 2.70 bits per heavy atom. The molecule has 1 saturated heterocycles. The number of aryl methyl sites for hydroxylation is 1. The molecule has 0 saturated carbocycles. The van der Waals surface area contributed by atoms with Crippen LogP contribution in [-0.4, -0.2) is 61.1 Å². The third-order valence-electron chi connectivity index (χ3n) is 4.05. The van der Waals surface area contributed by atoms with Gasteiger partial charge in [0.1, 0.15) is 5.82 Å². The summed E-state index contributed by atoms with van der Waals surface area (Å²) in [5, 5.41) is 3.44. The average Bonchev–Trinajstić information content (AvgIpc) is 2.42. The predicted molar refractivity (Wildman–Crippen MR) is 88.3 cm³/mol. The number of piperidine rings is 1. The van der Waals surface area contributed by atoms with Gasteiger partial charge < -0.3 is 15.1 Å². The normalized spacial score (nSPS) is 17.6. The Bertz CT molecular complexity index is 428. The molecule has 5 heteroatoms. The van der Waals surface area contributed by atoms with Gasteiger partial charge in [-0.05, 0) is 74.5 Å². The average molecular weight is 341 g/mol. The molecule has 0 aromatic carbocycles. The summed E-state index contributed by atoms with van der Waals surface area (Å²) in [6.07, 6.45) is 4.41. The second-order valence-corrected chi connectivity index (χ2v) is 6.70. The molecule has 2 rings (SSSR count). The maximum atomic E-state index is 4.41. The van der Waals surface area contributed by atoms with Crippen molar-refractivity contribution >= 4 is 21.7 Å². The van der Waals surface area contributed by atoms with Crippen LogP contribution in [0.4, 0.5) is 5.82 Å². The molecule has 4 nitrogen and oxygen atoms in total. The highest BCUT2D eigenvalue weighted by Gasteiger charge is 2.19. The number of nitrogens with one attached hydrogen (secondary N) is 1. The Morgan fingerprint density at radius 1 is 1.40 bits per heavy atom. The highest BCUT2D eigenvalue weighted by Crippen LogP contribution is 2.17. The van der Waals surface area contributed by atoms with Crippen LogP contribution in [0.5, 0.6) is 0 Å².